The van der Waals surface area contributed by atoms with E-state index >= 15 is 0 Å². The molecule has 0 amide bonds. The minimum atomic E-state index is -0.253. The summed E-state index contributed by atoms with van der Waals surface area (Å²) in [6.45, 7) is 0. The third-order valence-electron chi connectivity index (χ3n) is 2.70. The zero-order valence-electron chi connectivity index (χ0n) is 8.24. The lowest BCUT2D eigenvalue weighted by Crippen LogP contribution is -2.00. The zero-order chi connectivity index (χ0) is 11.2. The molecule has 0 aliphatic heterocycles. The monoisotopic (exact) mass is 310 g/mol. The highest BCUT2D eigenvalue weighted by atomic mass is 79.9. The van der Waals surface area contributed by atoms with Crippen molar-refractivity contribution in [1.29, 1.82) is 5.26 Å². The number of hydrogen-bond acceptors (Lipinski definition) is 4. The van der Waals surface area contributed by atoms with Crippen molar-refractivity contribution in [3.63, 3.8) is 0 Å². The highest BCUT2D eigenvalue weighted by Crippen LogP contribution is 2.49. The van der Waals surface area contributed by atoms with Crippen molar-refractivity contribution < 1.29 is 0 Å². The van der Waals surface area contributed by atoms with Gasteiger partial charge in [0.2, 0.25) is 0 Å². The molecule has 0 unspecified atom stereocenters. The summed E-state index contributed by atoms with van der Waals surface area (Å²) in [5.74, 6) is 0. The van der Waals surface area contributed by atoms with Gasteiger partial charge in [0.05, 0.1) is 20.4 Å². The fourth-order valence-corrected chi connectivity index (χ4v) is 4.01. The predicted molar refractivity (Wildman–Crippen MR) is 69.7 cm³/mol. The van der Waals surface area contributed by atoms with Crippen LogP contribution in [0, 0.1) is 11.3 Å². The Hall–Kier alpha value is -0.700. The van der Waals surface area contributed by atoms with Crippen LogP contribution in [0.4, 0.5) is 0 Å². The fraction of sp³-hybridized carbons (Fsp3) is 0.273. The summed E-state index contributed by atoms with van der Waals surface area (Å²) < 4.78 is 1.11. The molecular formula is C11H7BrN2S2. The molecule has 0 bridgehead atoms. The van der Waals surface area contributed by atoms with E-state index in [1.165, 1.54) is 0 Å². The second kappa shape index (κ2) is 3.66. The lowest BCUT2D eigenvalue weighted by Gasteiger charge is -1.97. The lowest BCUT2D eigenvalue weighted by atomic mass is 10.1. The molecule has 0 atom stereocenters. The van der Waals surface area contributed by atoms with Crippen molar-refractivity contribution in [1.82, 2.24) is 4.98 Å². The first-order valence-electron chi connectivity index (χ1n) is 4.86. The van der Waals surface area contributed by atoms with E-state index in [2.05, 4.69) is 33.0 Å². The summed E-state index contributed by atoms with van der Waals surface area (Å²) in [6.07, 6.45) is 1.93. The van der Waals surface area contributed by atoms with Crippen LogP contribution >= 0.6 is 38.6 Å². The standard InChI is InChI=1S/C11H7BrN2S2/c12-9-2-1-8(16-9)7-5-15-10(14-7)11(6-13)3-4-11/h1-2,5H,3-4H2. The number of thiazole rings is 1. The first-order valence-corrected chi connectivity index (χ1v) is 7.35. The minimum Gasteiger partial charge on any atom is -0.239 e. The molecule has 2 aromatic heterocycles. The SMILES string of the molecule is N#CC1(c2nc(-c3ccc(Br)s3)cs2)CC1. The van der Waals surface area contributed by atoms with Crippen LogP contribution in [-0.2, 0) is 5.41 Å². The van der Waals surface area contributed by atoms with Crippen LogP contribution in [0.25, 0.3) is 10.6 Å². The van der Waals surface area contributed by atoms with Gasteiger partial charge in [0, 0.05) is 5.38 Å². The molecule has 0 saturated heterocycles. The van der Waals surface area contributed by atoms with Gasteiger partial charge in [-0.05, 0) is 40.9 Å². The average molecular weight is 311 g/mol. The van der Waals surface area contributed by atoms with Gasteiger partial charge in [-0.2, -0.15) is 5.26 Å². The topological polar surface area (TPSA) is 36.7 Å². The van der Waals surface area contributed by atoms with Crippen molar-refractivity contribution in [2.24, 2.45) is 0 Å². The summed E-state index contributed by atoms with van der Waals surface area (Å²) in [5.41, 5.74) is 0.745. The van der Waals surface area contributed by atoms with Gasteiger partial charge in [0.25, 0.3) is 0 Å². The highest BCUT2D eigenvalue weighted by molar-refractivity contribution is 9.11. The molecule has 0 aromatic carbocycles. The first-order chi connectivity index (χ1) is 7.73. The van der Waals surface area contributed by atoms with Crippen LogP contribution in [0.15, 0.2) is 21.3 Å². The van der Waals surface area contributed by atoms with E-state index in [1.54, 1.807) is 22.7 Å². The van der Waals surface area contributed by atoms with Crippen LogP contribution in [0.3, 0.4) is 0 Å². The second-order valence-corrected chi connectivity index (χ2v) is 7.16. The van der Waals surface area contributed by atoms with Crippen LogP contribution in [0.1, 0.15) is 17.8 Å². The Balaban J connectivity index is 1.97. The van der Waals surface area contributed by atoms with Crippen LogP contribution in [-0.4, -0.2) is 4.98 Å². The van der Waals surface area contributed by atoms with E-state index in [4.69, 9.17) is 5.26 Å². The molecule has 5 heteroatoms. The van der Waals surface area contributed by atoms with E-state index in [-0.39, 0.29) is 5.41 Å². The number of halogens is 1. The van der Waals surface area contributed by atoms with Crippen LogP contribution in [0.2, 0.25) is 0 Å². The number of rotatable bonds is 2. The smallest absolute Gasteiger partial charge is 0.114 e. The lowest BCUT2D eigenvalue weighted by molar-refractivity contribution is 0.892. The van der Waals surface area contributed by atoms with Gasteiger partial charge in [-0.15, -0.1) is 22.7 Å². The molecule has 1 aliphatic rings. The molecule has 80 valence electrons. The Labute approximate surface area is 110 Å². The number of aromatic nitrogens is 1. The van der Waals surface area contributed by atoms with Gasteiger partial charge in [0.15, 0.2) is 0 Å². The Kier molecular flexibility index (Phi) is 2.39. The molecule has 3 rings (SSSR count). The van der Waals surface area contributed by atoms with E-state index in [9.17, 15) is 0 Å². The first kappa shape index (κ1) is 10.5. The molecule has 2 nitrogen and oxygen atoms in total. The Morgan fingerprint density at radius 1 is 1.44 bits per heavy atom. The Morgan fingerprint density at radius 2 is 2.25 bits per heavy atom. The Morgan fingerprint density at radius 3 is 2.81 bits per heavy atom. The molecule has 0 spiro atoms. The van der Waals surface area contributed by atoms with Gasteiger partial charge < -0.3 is 0 Å². The van der Waals surface area contributed by atoms with E-state index in [0.29, 0.717) is 0 Å². The van der Waals surface area contributed by atoms with Crippen LogP contribution in [0.5, 0.6) is 0 Å². The third-order valence-corrected chi connectivity index (χ3v) is 5.40. The van der Waals surface area contributed by atoms with Gasteiger partial charge in [-0.1, -0.05) is 0 Å². The number of nitrogens with zero attached hydrogens (tertiary/aromatic N) is 2. The molecule has 0 radical (unpaired) electrons. The van der Waals surface area contributed by atoms with E-state index in [1.807, 2.05) is 11.4 Å². The summed E-state index contributed by atoms with van der Waals surface area (Å²) in [5, 5.41) is 12.1. The molecule has 1 fully saturated rings. The Bertz CT molecular complexity index is 575. The third kappa shape index (κ3) is 1.61. The van der Waals surface area contributed by atoms with Gasteiger partial charge >= 0.3 is 0 Å². The molecule has 16 heavy (non-hydrogen) atoms. The zero-order valence-corrected chi connectivity index (χ0v) is 11.5. The molecule has 2 heterocycles. The summed E-state index contributed by atoms with van der Waals surface area (Å²) in [4.78, 5) is 5.74. The number of nitriles is 1. The normalized spacial score (nSPS) is 17.0. The fourth-order valence-electron chi connectivity index (χ4n) is 1.56. The molecule has 2 aromatic rings. The quantitative estimate of drug-likeness (QED) is 0.834. The van der Waals surface area contributed by atoms with Crippen molar-refractivity contribution >= 4 is 38.6 Å². The van der Waals surface area contributed by atoms with Crippen molar-refractivity contribution in [2.75, 3.05) is 0 Å². The van der Waals surface area contributed by atoms with Gasteiger partial charge in [0.1, 0.15) is 10.4 Å². The molecular weight excluding hydrogens is 304 g/mol. The van der Waals surface area contributed by atoms with Gasteiger partial charge in [-0.3, -0.25) is 0 Å². The maximum atomic E-state index is 9.11. The predicted octanol–water partition coefficient (Wildman–Crippen LogP) is 4.19. The van der Waals surface area contributed by atoms with Crippen molar-refractivity contribution in [3.05, 3.63) is 26.3 Å². The summed E-state index contributed by atoms with van der Waals surface area (Å²) in [6, 6.07) is 6.46. The average Bonchev–Trinajstić information content (AvgIpc) is 2.74. The molecule has 1 saturated carbocycles. The maximum Gasteiger partial charge on any atom is 0.114 e. The second-order valence-electron chi connectivity index (χ2n) is 3.84. The van der Waals surface area contributed by atoms with Gasteiger partial charge in [-0.25, -0.2) is 4.98 Å². The number of hydrogen-bond donors (Lipinski definition) is 0. The summed E-state index contributed by atoms with van der Waals surface area (Å²) >= 11 is 6.72. The molecule has 0 N–H and O–H groups in total. The van der Waals surface area contributed by atoms with Crippen LogP contribution < -0.4 is 0 Å². The highest BCUT2D eigenvalue weighted by Gasteiger charge is 2.47. The minimum absolute atomic E-state index is 0.253. The van der Waals surface area contributed by atoms with Crippen molar-refractivity contribution in [3.8, 4) is 16.6 Å². The van der Waals surface area contributed by atoms with Crippen molar-refractivity contribution in [2.45, 2.75) is 18.3 Å². The largest absolute Gasteiger partial charge is 0.239 e. The number of thiophene rings is 1. The van der Waals surface area contributed by atoms with E-state index in [0.717, 1.165) is 32.2 Å². The molecule has 1 aliphatic carbocycles. The van der Waals surface area contributed by atoms with E-state index < -0.39 is 0 Å². The summed E-state index contributed by atoms with van der Waals surface area (Å²) in [7, 11) is 0. The maximum absolute atomic E-state index is 9.11.